The van der Waals surface area contributed by atoms with Crippen LogP contribution in [0.1, 0.15) is 25.2 Å². The van der Waals surface area contributed by atoms with Crippen molar-refractivity contribution < 1.29 is 38.8 Å². The Hall–Kier alpha value is -4.55. The Balaban J connectivity index is 1.39. The van der Waals surface area contributed by atoms with Crippen molar-refractivity contribution in [3.8, 4) is 0 Å². The summed E-state index contributed by atoms with van der Waals surface area (Å²) in [6.45, 7) is 3.13. The number of hydrogen-bond acceptors (Lipinski definition) is 12. The number of hydrogen-bond donors (Lipinski definition) is 6. The Labute approximate surface area is 251 Å². The zero-order valence-electron chi connectivity index (χ0n) is 22.9. The van der Waals surface area contributed by atoms with Crippen LogP contribution in [0.4, 0.5) is 5.13 Å². The Morgan fingerprint density at radius 3 is 2.77 bits per heavy atom. The minimum atomic E-state index is -1.79. The minimum Gasteiger partial charge on any atom is -0.478 e. The van der Waals surface area contributed by atoms with Gasteiger partial charge in [-0.25, -0.2) is 9.59 Å². The molecule has 5 heterocycles. The molecule has 43 heavy (non-hydrogen) atoms. The molecule has 0 unspecified atom stereocenters. The third kappa shape index (κ3) is 5.63. The van der Waals surface area contributed by atoms with Crippen molar-refractivity contribution in [3.63, 3.8) is 0 Å². The highest BCUT2D eigenvalue weighted by molar-refractivity contribution is 8.00. The maximum Gasteiger partial charge on any atom is 0.352 e. The van der Waals surface area contributed by atoms with E-state index in [-0.39, 0.29) is 29.0 Å². The third-order valence-corrected chi connectivity index (χ3v) is 8.72. The summed E-state index contributed by atoms with van der Waals surface area (Å²) in [5, 5.41) is 25.0. The van der Waals surface area contributed by atoms with E-state index in [9.17, 15) is 29.4 Å². The van der Waals surface area contributed by atoms with Gasteiger partial charge >= 0.3 is 11.9 Å². The van der Waals surface area contributed by atoms with Gasteiger partial charge in [-0.3, -0.25) is 14.5 Å². The summed E-state index contributed by atoms with van der Waals surface area (Å²) in [5.74, 6) is -4.10. The monoisotopic (exact) mass is 630 g/mol. The van der Waals surface area contributed by atoms with Gasteiger partial charge in [-0.15, -0.1) is 11.8 Å². The molecule has 1 fully saturated rings. The molecule has 0 aliphatic carbocycles. The SMILES string of the molecule is CC(C)(O/N=C(\C(=O)N[C@@H]1C(=O)N2C(C(=O)O)=C(C[n+]3cccc4[nH]cc(CCN)c43)CS[C@H]12)c1nsc(N)n1)C(=O)O. The molecule has 0 bridgehead atoms. The first-order valence-corrected chi connectivity index (χ1v) is 14.7. The van der Waals surface area contributed by atoms with E-state index in [0.717, 1.165) is 33.0 Å². The maximum atomic E-state index is 13.3. The summed E-state index contributed by atoms with van der Waals surface area (Å²) < 4.78 is 5.87. The Morgan fingerprint density at radius 1 is 1.35 bits per heavy atom. The molecule has 0 spiro atoms. The molecule has 1 saturated heterocycles. The molecule has 8 N–H and O–H groups in total. The Bertz CT molecular complexity index is 1700. The molecule has 3 aromatic heterocycles. The summed E-state index contributed by atoms with van der Waals surface area (Å²) in [6.07, 6.45) is 4.35. The molecular formula is C25H28N9O7S2+. The van der Waals surface area contributed by atoms with Gasteiger partial charge in [0, 0.05) is 40.7 Å². The van der Waals surface area contributed by atoms with E-state index < -0.39 is 46.5 Å². The summed E-state index contributed by atoms with van der Waals surface area (Å²) in [4.78, 5) is 63.8. The summed E-state index contributed by atoms with van der Waals surface area (Å²) in [7, 11) is 0. The number of aromatic amines is 1. The van der Waals surface area contributed by atoms with Crippen LogP contribution in [-0.4, -0.2) is 88.2 Å². The number of carboxylic acid groups (broad SMARTS) is 2. The standard InChI is InChI=1S/C25H27N9O7S2/c1-25(2,23(39)40)41-31-14(18-30-24(27)43-32-18)19(35)29-15-20(36)34-17(22(37)38)12(10-42-21(15)34)9-33-7-3-4-13-16(33)11(5-6-26)8-28-13/h3-4,7-8,15,21H,5-6,9-10,26H2,1-2H3,(H5,27,29,30,32,35,37,38,39,40)/p+1/b31-14-/t15-,21-/m1/s1. The van der Waals surface area contributed by atoms with Gasteiger partial charge < -0.3 is 36.8 Å². The first kappa shape index (κ1) is 29.9. The fraction of sp³-hybridized carbons (Fsp3) is 0.360. The van der Waals surface area contributed by atoms with E-state index in [4.69, 9.17) is 16.3 Å². The molecule has 2 amide bonds. The fourth-order valence-electron chi connectivity index (χ4n) is 4.67. The Morgan fingerprint density at radius 2 is 2.12 bits per heavy atom. The van der Waals surface area contributed by atoms with E-state index in [0.29, 0.717) is 18.5 Å². The van der Waals surface area contributed by atoms with Gasteiger partial charge in [-0.05, 0) is 32.9 Å². The third-order valence-electron chi connectivity index (χ3n) is 6.84. The number of carbonyl (C=O) groups is 4. The zero-order chi connectivity index (χ0) is 31.1. The molecule has 0 saturated carbocycles. The number of β-lactam (4-membered cyclic amide) rings is 1. The summed E-state index contributed by atoms with van der Waals surface area (Å²) >= 11 is 2.08. The van der Waals surface area contributed by atoms with Crippen molar-refractivity contribution >= 4 is 68.9 Å². The van der Waals surface area contributed by atoms with E-state index in [1.54, 1.807) is 0 Å². The lowest BCUT2D eigenvalue weighted by molar-refractivity contribution is -0.663. The van der Waals surface area contributed by atoms with Crippen molar-refractivity contribution in [3.05, 3.63) is 47.2 Å². The van der Waals surface area contributed by atoms with Crippen LogP contribution in [0.15, 0.2) is 41.0 Å². The number of fused-ring (bicyclic) bond motifs is 2. The number of nitrogen functional groups attached to an aromatic ring is 1. The minimum absolute atomic E-state index is 0.0221. The number of carboxylic acids is 2. The second kappa shape index (κ2) is 11.6. The summed E-state index contributed by atoms with van der Waals surface area (Å²) in [6, 6.07) is 2.66. The van der Waals surface area contributed by atoms with Crippen LogP contribution >= 0.6 is 23.3 Å². The zero-order valence-corrected chi connectivity index (χ0v) is 24.6. The topological polar surface area (TPSA) is 243 Å². The van der Waals surface area contributed by atoms with Gasteiger partial charge in [0.25, 0.3) is 11.8 Å². The number of nitrogens with two attached hydrogens (primary N) is 2. The summed E-state index contributed by atoms with van der Waals surface area (Å²) in [5.41, 5.74) is 12.3. The molecule has 0 aromatic carbocycles. The number of pyridine rings is 1. The van der Waals surface area contributed by atoms with Gasteiger partial charge in [0.2, 0.25) is 22.7 Å². The molecule has 5 rings (SSSR count). The number of anilines is 1. The van der Waals surface area contributed by atoms with Crippen LogP contribution in [0.5, 0.6) is 0 Å². The van der Waals surface area contributed by atoms with E-state index in [1.165, 1.54) is 25.6 Å². The van der Waals surface area contributed by atoms with Crippen LogP contribution in [0.3, 0.4) is 0 Å². The first-order valence-electron chi connectivity index (χ1n) is 12.9. The number of carbonyl (C=O) groups excluding carboxylic acids is 2. The highest BCUT2D eigenvalue weighted by Gasteiger charge is 2.55. The lowest BCUT2D eigenvalue weighted by Crippen LogP contribution is -2.71. The second-order valence-electron chi connectivity index (χ2n) is 10.2. The normalized spacial score (nSPS) is 18.8. The van der Waals surface area contributed by atoms with Gasteiger partial charge in [-0.2, -0.15) is 13.9 Å². The number of oxime groups is 1. The molecule has 2 aliphatic heterocycles. The van der Waals surface area contributed by atoms with Crippen molar-refractivity contribution in [1.82, 2.24) is 24.6 Å². The number of rotatable bonds is 11. The number of H-pyrrole nitrogens is 1. The molecule has 0 radical (unpaired) electrons. The lowest BCUT2D eigenvalue weighted by atomic mass is 10.0. The number of amides is 2. The molecule has 18 heteroatoms. The number of thioether (sulfide) groups is 1. The molecule has 3 aromatic rings. The van der Waals surface area contributed by atoms with E-state index in [1.807, 2.05) is 29.1 Å². The van der Waals surface area contributed by atoms with E-state index >= 15 is 0 Å². The van der Waals surface area contributed by atoms with Gasteiger partial charge in [-0.1, -0.05) is 5.16 Å². The fourth-order valence-corrected chi connectivity index (χ4v) is 6.44. The van der Waals surface area contributed by atoms with Gasteiger partial charge in [0.1, 0.15) is 22.6 Å². The smallest absolute Gasteiger partial charge is 0.352 e. The maximum absolute atomic E-state index is 13.3. The highest BCUT2D eigenvalue weighted by Crippen LogP contribution is 2.40. The van der Waals surface area contributed by atoms with Crippen LogP contribution in [0.2, 0.25) is 0 Å². The predicted molar refractivity (Wildman–Crippen MR) is 155 cm³/mol. The van der Waals surface area contributed by atoms with Crippen molar-refractivity contribution in [2.45, 2.75) is 43.8 Å². The van der Waals surface area contributed by atoms with Crippen molar-refractivity contribution in [1.29, 1.82) is 0 Å². The lowest BCUT2D eigenvalue weighted by Gasteiger charge is -2.49. The van der Waals surface area contributed by atoms with E-state index in [2.05, 4.69) is 24.8 Å². The predicted octanol–water partition coefficient (Wildman–Crippen LogP) is -0.587. The number of nitrogens with zero attached hydrogens (tertiary/aromatic N) is 5. The first-order chi connectivity index (χ1) is 20.4. The second-order valence-corrected chi connectivity index (χ2v) is 12.1. The van der Waals surface area contributed by atoms with Crippen molar-refractivity contribution in [2.75, 3.05) is 18.0 Å². The number of aromatic nitrogens is 4. The molecule has 2 aliphatic rings. The average molecular weight is 631 g/mol. The molecule has 16 nitrogen and oxygen atoms in total. The van der Waals surface area contributed by atoms with Gasteiger partial charge in [0.15, 0.2) is 17.9 Å². The molecule has 226 valence electrons. The highest BCUT2D eigenvalue weighted by atomic mass is 32.2. The largest absolute Gasteiger partial charge is 0.478 e. The Kier molecular flexibility index (Phi) is 8.08. The average Bonchev–Trinajstić information content (AvgIpc) is 3.58. The van der Waals surface area contributed by atoms with Crippen LogP contribution < -0.4 is 21.4 Å². The van der Waals surface area contributed by atoms with Crippen molar-refractivity contribution in [2.24, 2.45) is 10.9 Å². The number of nitrogens with one attached hydrogen (secondary N) is 2. The van der Waals surface area contributed by atoms with Crippen LogP contribution in [0, 0.1) is 0 Å². The number of aliphatic carboxylic acids is 2. The van der Waals surface area contributed by atoms with Crippen LogP contribution in [0.25, 0.3) is 11.0 Å². The molecule has 2 atom stereocenters. The molecular weight excluding hydrogens is 602 g/mol. The van der Waals surface area contributed by atoms with Gasteiger partial charge in [0.05, 0.1) is 0 Å². The van der Waals surface area contributed by atoms with Crippen LogP contribution in [-0.2, 0) is 37.0 Å². The quantitative estimate of drug-likeness (QED) is 0.0674.